The quantitative estimate of drug-likeness (QED) is 0.139. The number of halogens is 1. The molecule has 12 rings (SSSR count). The Morgan fingerprint density at radius 3 is 2.31 bits per heavy atom. The molecule has 4 aromatic heterocycles. The first-order valence-electron chi connectivity index (χ1n) is 27.0. The van der Waals surface area contributed by atoms with Crippen molar-refractivity contribution in [1.29, 1.82) is 0 Å². The third kappa shape index (κ3) is 8.65. The summed E-state index contributed by atoms with van der Waals surface area (Å²) >= 11 is 0. The summed E-state index contributed by atoms with van der Waals surface area (Å²) in [6.45, 7) is 9.60. The number of carbonyl (C=O) groups excluding carboxylic acids is 5. The summed E-state index contributed by atoms with van der Waals surface area (Å²) in [5.74, 6) is -0.226. The molecule has 2 N–H and O–H groups in total. The second-order valence-corrected chi connectivity index (χ2v) is 22.1. The van der Waals surface area contributed by atoms with E-state index in [1.54, 1.807) is 24.8 Å². The predicted octanol–water partition coefficient (Wildman–Crippen LogP) is 6.86. The Morgan fingerprint density at radius 2 is 1.58 bits per heavy atom. The fourth-order valence-corrected chi connectivity index (χ4v) is 13.2. The molecule has 0 radical (unpaired) electrons. The highest BCUT2D eigenvalue weighted by atomic mass is 19.1. The van der Waals surface area contributed by atoms with Gasteiger partial charge in [0.2, 0.25) is 29.5 Å². The van der Waals surface area contributed by atoms with Gasteiger partial charge in [0.1, 0.15) is 11.3 Å². The smallest absolute Gasteiger partial charge is 0.238 e. The van der Waals surface area contributed by atoms with Crippen LogP contribution in [0.5, 0.6) is 0 Å². The number of carbonyl (C=O) groups is 5. The molecule has 17 nitrogen and oxygen atoms in total. The SMILES string of the molecule is CC(C)n1cnc2cc(-c3ccc4c(c3)N([C@H]3C[C@@H](N5CCCCC5)C3)C(=O)C43CCN(C(=O)[C@@H]4CCN(C(=O)C5CCN(c6ccc(C7CCC(=O)NC7=O)cn6)CC5)C4)CC3)nc(Nc3ccncc3F)c21. The lowest BCUT2D eigenvalue weighted by Gasteiger charge is -2.48. The zero-order valence-corrected chi connectivity index (χ0v) is 42.3. The molecule has 1 spiro atoms. The van der Waals surface area contributed by atoms with E-state index in [0.717, 1.165) is 59.6 Å². The third-order valence-electron chi connectivity index (χ3n) is 17.5. The monoisotopic (exact) mass is 1000 g/mol. The van der Waals surface area contributed by atoms with Crippen molar-refractivity contribution in [3.8, 4) is 11.3 Å². The third-order valence-corrected chi connectivity index (χ3v) is 17.5. The maximum Gasteiger partial charge on any atom is 0.238 e. The van der Waals surface area contributed by atoms with Gasteiger partial charge in [0.05, 0.1) is 46.7 Å². The normalized spacial score (nSPS) is 24.5. The molecule has 74 heavy (non-hydrogen) atoms. The fourth-order valence-electron chi connectivity index (χ4n) is 13.2. The molecule has 2 atom stereocenters. The van der Waals surface area contributed by atoms with Crippen LogP contribution in [0.1, 0.15) is 114 Å². The lowest BCUT2D eigenvalue weighted by Crippen LogP contribution is -2.58. The van der Waals surface area contributed by atoms with Crippen molar-refractivity contribution in [2.75, 3.05) is 67.5 Å². The highest BCUT2D eigenvalue weighted by Gasteiger charge is 2.56. The van der Waals surface area contributed by atoms with Crippen molar-refractivity contribution in [1.82, 2.24) is 44.5 Å². The van der Waals surface area contributed by atoms with Gasteiger partial charge in [0.25, 0.3) is 0 Å². The number of pyridine rings is 3. The number of anilines is 4. The summed E-state index contributed by atoms with van der Waals surface area (Å²) in [5.41, 5.74) is 5.16. The minimum Gasteiger partial charge on any atom is -0.357 e. The van der Waals surface area contributed by atoms with E-state index in [1.165, 1.54) is 25.5 Å². The van der Waals surface area contributed by atoms with Crippen molar-refractivity contribution in [2.24, 2.45) is 11.8 Å². The number of amides is 5. The summed E-state index contributed by atoms with van der Waals surface area (Å²) in [7, 11) is 0. The van der Waals surface area contributed by atoms with Crippen LogP contribution in [0.4, 0.5) is 27.4 Å². The molecular weight excluding hydrogens is 940 g/mol. The van der Waals surface area contributed by atoms with Gasteiger partial charge in [0.15, 0.2) is 11.6 Å². The molecule has 1 unspecified atom stereocenters. The molecular formula is C56H65FN12O5. The highest BCUT2D eigenvalue weighted by Crippen LogP contribution is 2.52. The number of hydrogen-bond donors (Lipinski definition) is 2. The number of piperidine rings is 4. The van der Waals surface area contributed by atoms with Gasteiger partial charge in [-0.3, -0.25) is 34.3 Å². The molecule has 5 aromatic rings. The van der Waals surface area contributed by atoms with Gasteiger partial charge >= 0.3 is 0 Å². The number of imidazole rings is 1. The first-order valence-corrected chi connectivity index (χ1v) is 27.0. The molecule has 1 aromatic carbocycles. The maximum absolute atomic E-state index is 15.3. The minimum atomic E-state index is -0.766. The first-order chi connectivity index (χ1) is 35.9. The van der Waals surface area contributed by atoms with Crippen molar-refractivity contribution in [2.45, 2.75) is 120 Å². The van der Waals surface area contributed by atoms with E-state index >= 15 is 9.18 Å². The van der Waals surface area contributed by atoms with Crippen molar-refractivity contribution < 1.29 is 28.4 Å². The van der Waals surface area contributed by atoms with Crippen LogP contribution in [0.2, 0.25) is 0 Å². The molecule has 6 aliphatic heterocycles. The lowest BCUT2D eigenvalue weighted by atomic mass is 9.73. The molecule has 0 bridgehead atoms. The van der Waals surface area contributed by atoms with Gasteiger partial charge in [0, 0.05) is 93.4 Å². The van der Waals surface area contributed by atoms with Crippen molar-refractivity contribution in [3.05, 3.63) is 84.3 Å². The Morgan fingerprint density at radius 1 is 0.811 bits per heavy atom. The highest BCUT2D eigenvalue weighted by molar-refractivity contribution is 6.09. The average molecular weight is 1010 g/mol. The van der Waals surface area contributed by atoms with Crippen LogP contribution < -0.4 is 20.4 Å². The van der Waals surface area contributed by atoms with E-state index in [4.69, 9.17) is 9.97 Å². The summed E-state index contributed by atoms with van der Waals surface area (Å²) in [6.07, 6.45) is 15.6. The van der Waals surface area contributed by atoms with E-state index in [0.29, 0.717) is 107 Å². The predicted molar refractivity (Wildman–Crippen MR) is 277 cm³/mol. The Kier molecular flexibility index (Phi) is 12.7. The van der Waals surface area contributed by atoms with Crippen LogP contribution in [-0.2, 0) is 29.4 Å². The van der Waals surface area contributed by atoms with Crippen LogP contribution in [0, 0.1) is 17.7 Å². The maximum atomic E-state index is 15.3. The van der Waals surface area contributed by atoms with Gasteiger partial charge in [-0.25, -0.2) is 19.3 Å². The summed E-state index contributed by atoms with van der Waals surface area (Å²) in [4.78, 5) is 96.8. The molecule has 1 saturated carbocycles. The van der Waals surface area contributed by atoms with E-state index in [2.05, 4.69) is 61.3 Å². The Labute approximate surface area is 430 Å². The number of fused-ring (bicyclic) bond motifs is 3. The number of likely N-dealkylation sites (tertiary alicyclic amines) is 3. The van der Waals surface area contributed by atoms with Crippen molar-refractivity contribution in [3.63, 3.8) is 0 Å². The second kappa shape index (κ2) is 19.5. The van der Waals surface area contributed by atoms with E-state index in [1.807, 2.05) is 38.6 Å². The summed E-state index contributed by atoms with van der Waals surface area (Å²) in [6, 6.07) is 14.3. The standard InChI is InChI=1S/C56H65FN12O5/c1-34(2)68-33-60-46-29-45(62-51(50(46)68)61-44-12-18-58-31-43(44)57)36-6-9-42-47(26-36)69(40-27-39(28-40)64-19-4-3-5-20-64)55(74)56(42)16-24-66(25-17-56)54(73)38-15-23-67(32-38)53(72)35-13-21-65(22-14-35)48-10-7-37(30-59-48)41-8-11-49(70)63-52(41)71/h6-7,9-10,12,18,26,29-31,33-35,38-41H,3-5,8,11,13-17,19-25,27-28,32H2,1-2H3,(H,58,61,62)(H,63,70,71)/t38-,39-,40+,41?/m1/s1. The zero-order chi connectivity index (χ0) is 50.8. The summed E-state index contributed by atoms with van der Waals surface area (Å²) in [5, 5.41) is 5.66. The Balaban J connectivity index is 0.729. The molecule has 18 heteroatoms. The molecule has 386 valence electrons. The number of hydrogen-bond acceptors (Lipinski definition) is 12. The Bertz CT molecular complexity index is 3010. The molecule has 6 fully saturated rings. The van der Waals surface area contributed by atoms with Gasteiger partial charge < -0.3 is 34.4 Å². The number of nitrogens with zero attached hydrogens (tertiary/aromatic N) is 10. The largest absolute Gasteiger partial charge is 0.357 e. The van der Waals surface area contributed by atoms with E-state index in [9.17, 15) is 19.2 Å². The molecule has 1 aliphatic carbocycles. The van der Waals surface area contributed by atoms with E-state index in [-0.39, 0.29) is 65.1 Å². The Hall–Kier alpha value is -6.82. The lowest BCUT2D eigenvalue weighted by molar-refractivity contribution is -0.140. The van der Waals surface area contributed by atoms with Gasteiger partial charge in [-0.15, -0.1) is 0 Å². The number of rotatable bonds is 10. The topological polar surface area (TPSA) is 182 Å². The number of aromatic nitrogens is 5. The van der Waals surface area contributed by atoms with Crippen LogP contribution in [0.15, 0.2) is 67.4 Å². The molecule has 10 heterocycles. The minimum absolute atomic E-state index is 0.0653. The fraction of sp³-hybridized carbons (Fsp3) is 0.518. The average Bonchev–Trinajstić information content (AvgIpc) is 4.14. The van der Waals surface area contributed by atoms with Gasteiger partial charge in [-0.1, -0.05) is 24.6 Å². The van der Waals surface area contributed by atoms with Crippen molar-refractivity contribution >= 4 is 63.6 Å². The second-order valence-electron chi connectivity index (χ2n) is 22.1. The van der Waals surface area contributed by atoms with Gasteiger partial charge in [-0.05, 0) is 127 Å². The van der Waals surface area contributed by atoms with E-state index < -0.39 is 11.2 Å². The number of imide groups is 1. The molecule has 7 aliphatic rings. The number of benzene rings is 1. The molecule has 5 amide bonds. The molecule has 5 saturated heterocycles. The van der Waals surface area contributed by atoms with Crippen LogP contribution in [0.25, 0.3) is 22.3 Å². The van der Waals surface area contributed by atoms with Crippen LogP contribution >= 0.6 is 0 Å². The summed E-state index contributed by atoms with van der Waals surface area (Å²) < 4.78 is 17.1. The zero-order valence-electron chi connectivity index (χ0n) is 42.3. The van der Waals surface area contributed by atoms with Crippen LogP contribution in [0.3, 0.4) is 0 Å². The van der Waals surface area contributed by atoms with Gasteiger partial charge in [-0.2, -0.15) is 0 Å². The first kappa shape index (κ1) is 48.1. The van der Waals surface area contributed by atoms with Crippen LogP contribution in [-0.4, -0.2) is 133 Å². The number of nitrogens with one attached hydrogen (secondary N) is 2.